The van der Waals surface area contributed by atoms with Crippen LogP contribution in [0, 0.1) is 11.2 Å². The number of sulfone groups is 1. The van der Waals surface area contributed by atoms with Crippen molar-refractivity contribution < 1.29 is 43.3 Å². The van der Waals surface area contributed by atoms with Crippen molar-refractivity contribution in [2.45, 2.75) is 62.8 Å². The van der Waals surface area contributed by atoms with Crippen molar-refractivity contribution in [1.29, 1.82) is 0 Å². The molecule has 0 saturated heterocycles. The van der Waals surface area contributed by atoms with Gasteiger partial charge in [0.15, 0.2) is 21.3 Å². The van der Waals surface area contributed by atoms with Gasteiger partial charge >= 0.3 is 15.6 Å². The first-order chi connectivity index (χ1) is 17.7. The molecule has 212 valence electrons. The predicted octanol–water partition coefficient (Wildman–Crippen LogP) is 6.35. The Balaban J connectivity index is 2.30. The van der Waals surface area contributed by atoms with E-state index in [0.29, 0.717) is 18.5 Å². The van der Waals surface area contributed by atoms with Crippen molar-refractivity contribution in [3.63, 3.8) is 0 Å². The molecule has 13 heteroatoms. The SMILES string of the molecule is CCCCC1(CCCC)CN(c2ccc(F)cc2)c2cc(OC)c(OS(=O)(=O)C(F)(F)F)cc2S(=O)(=O)C1. The number of hydrogen-bond donors (Lipinski definition) is 0. The summed E-state index contributed by atoms with van der Waals surface area (Å²) in [5.41, 5.74) is -5.94. The van der Waals surface area contributed by atoms with Crippen LogP contribution in [0.25, 0.3) is 0 Å². The van der Waals surface area contributed by atoms with Gasteiger partial charge in [-0.15, -0.1) is 0 Å². The molecule has 3 rings (SSSR count). The molecule has 38 heavy (non-hydrogen) atoms. The molecular formula is C25H31F4NO6S2. The van der Waals surface area contributed by atoms with Crippen molar-refractivity contribution in [1.82, 2.24) is 0 Å². The van der Waals surface area contributed by atoms with E-state index >= 15 is 0 Å². The molecule has 1 aliphatic heterocycles. The van der Waals surface area contributed by atoms with Crippen LogP contribution in [0.3, 0.4) is 0 Å². The molecule has 0 atom stereocenters. The summed E-state index contributed by atoms with van der Waals surface area (Å²) in [6.07, 6.45) is 4.26. The van der Waals surface area contributed by atoms with Crippen LogP contribution in [-0.4, -0.2) is 41.8 Å². The summed E-state index contributed by atoms with van der Waals surface area (Å²) in [6.45, 7) is 4.20. The monoisotopic (exact) mass is 581 g/mol. The molecule has 1 aliphatic rings. The second-order valence-corrected chi connectivity index (χ2v) is 13.0. The van der Waals surface area contributed by atoms with Crippen LogP contribution < -0.4 is 13.8 Å². The summed E-state index contributed by atoms with van der Waals surface area (Å²) in [4.78, 5) is 1.28. The van der Waals surface area contributed by atoms with Crippen LogP contribution in [0.5, 0.6) is 11.5 Å². The molecule has 0 bridgehead atoms. The lowest BCUT2D eigenvalue weighted by Crippen LogP contribution is -2.38. The standard InChI is InChI=1S/C25H31F4NO6S2/c1-4-6-12-24(13-7-5-2)16-30(19-10-8-18(26)9-11-19)20-14-21(35-3)22(15-23(20)37(31,32)17-24)36-38(33,34)25(27,28)29/h8-11,14-15H,4-7,12-13,16-17H2,1-3H3. The van der Waals surface area contributed by atoms with Crippen LogP contribution in [0.2, 0.25) is 0 Å². The third kappa shape index (κ3) is 6.36. The number of unbranched alkanes of at least 4 members (excludes halogenated alkanes) is 2. The van der Waals surface area contributed by atoms with Crippen molar-refractivity contribution in [2.24, 2.45) is 5.41 Å². The Kier molecular flexibility index (Phi) is 8.91. The Hall–Kier alpha value is -2.54. The first-order valence-corrected chi connectivity index (χ1v) is 15.2. The van der Waals surface area contributed by atoms with Crippen LogP contribution >= 0.6 is 0 Å². The Morgan fingerprint density at radius 3 is 2.08 bits per heavy atom. The minimum Gasteiger partial charge on any atom is -0.493 e. The first kappa shape index (κ1) is 30.0. The zero-order valence-electron chi connectivity index (χ0n) is 21.3. The number of benzene rings is 2. The molecule has 2 aromatic carbocycles. The zero-order valence-corrected chi connectivity index (χ0v) is 23.0. The molecule has 7 nitrogen and oxygen atoms in total. The zero-order chi connectivity index (χ0) is 28.4. The third-order valence-electron chi connectivity index (χ3n) is 6.60. The number of nitrogens with zero attached hydrogens (tertiary/aromatic N) is 1. The molecule has 0 aromatic heterocycles. The molecule has 1 heterocycles. The van der Waals surface area contributed by atoms with E-state index < -0.39 is 53.1 Å². The van der Waals surface area contributed by atoms with Crippen molar-refractivity contribution >= 4 is 31.3 Å². The number of halogens is 4. The molecule has 0 aliphatic carbocycles. The van der Waals surface area contributed by atoms with Gasteiger partial charge in [-0.1, -0.05) is 39.5 Å². The lowest BCUT2D eigenvalue weighted by Gasteiger charge is -2.37. The number of anilines is 2. The van der Waals surface area contributed by atoms with E-state index in [-0.39, 0.29) is 18.0 Å². The second kappa shape index (κ2) is 11.3. The van der Waals surface area contributed by atoms with Gasteiger partial charge in [0.05, 0.1) is 23.4 Å². The Morgan fingerprint density at radius 1 is 1.00 bits per heavy atom. The molecule has 0 spiro atoms. The van der Waals surface area contributed by atoms with Gasteiger partial charge in [-0.25, -0.2) is 12.8 Å². The number of rotatable bonds is 10. The largest absolute Gasteiger partial charge is 0.534 e. The molecule has 2 aromatic rings. The summed E-state index contributed by atoms with van der Waals surface area (Å²) in [5, 5.41) is 0. The molecular weight excluding hydrogens is 550 g/mol. The molecule has 0 unspecified atom stereocenters. The Bertz CT molecular complexity index is 1340. The fraction of sp³-hybridized carbons (Fsp3) is 0.520. The van der Waals surface area contributed by atoms with E-state index in [9.17, 15) is 34.4 Å². The third-order valence-corrected chi connectivity index (χ3v) is 9.56. The van der Waals surface area contributed by atoms with E-state index in [4.69, 9.17) is 4.74 Å². The Morgan fingerprint density at radius 2 is 1.58 bits per heavy atom. The van der Waals surface area contributed by atoms with Gasteiger partial charge in [0.1, 0.15) is 5.82 Å². The van der Waals surface area contributed by atoms with Gasteiger partial charge < -0.3 is 13.8 Å². The maximum Gasteiger partial charge on any atom is 0.534 e. The van der Waals surface area contributed by atoms with Crippen LogP contribution in [0.1, 0.15) is 52.4 Å². The minimum atomic E-state index is -6.10. The smallest absolute Gasteiger partial charge is 0.493 e. The van der Waals surface area contributed by atoms with Gasteiger partial charge in [-0.05, 0) is 37.1 Å². The molecule has 0 fully saturated rings. The number of hydrogen-bond acceptors (Lipinski definition) is 7. The van der Waals surface area contributed by atoms with Crippen LogP contribution in [0.4, 0.5) is 28.9 Å². The number of alkyl halides is 3. The number of methoxy groups -OCH3 is 1. The van der Waals surface area contributed by atoms with E-state index in [0.717, 1.165) is 44.9 Å². The second-order valence-electron chi connectivity index (χ2n) is 9.48. The molecule has 0 N–H and O–H groups in total. The van der Waals surface area contributed by atoms with Gasteiger partial charge in [0, 0.05) is 29.8 Å². The maximum atomic E-state index is 13.8. The summed E-state index contributed by atoms with van der Waals surface area (Å²) >= 11 is 0. The molecule has 0 amide bonds. The van der Waals surface area contributed by atoms with Gasteiger partial charge in [-0.2, -0.15) is 21.6 Å². The van der Waals surface area contributed by atoms with Gasteiger partial charge in [0.25, 0.3) is 0 Å². The Labute approximate surface area is 220 Å². The number of ether oxygens (including phenoxy) is 1. The van der Waals surface area contributed by atoms with Crippen molar-refractivity contribution in [2.75, 3.05) is 24.3 Å². The minimum absolute atomic E-state index is 0.0695. The topological polar surface area (TPSA) is 90.0 Å². The van der Waals surface area contributed by atoms with Crippen LogP contribution in [-0.2, 0) is 20.0 Å². The normalized spacial score (nSPS) is 17.0. The quantitative estimate of drug-likeness (QED) is 0.183. The lowest BCUT2D eigenvalue weighted by atomic mass is 9.79. The van der Waals surface area contributed by atoms with Crippen LogP contribution in [0.15, 0.2) is 41.3 Å². The average Bonchev–Trinajstić information content (AvgIpc) is 2.93. The predicted molar refractivity (Wildman–Crippen MR) is 136 cm³/mol. The lowest BCUT2D eigenvalue weighted by molar-refractivity contribution is -0.0500. The van der Waals surface area contributed by atoms with Gasteiger partial charge in [0.2, 0.25) is 0 Å². The fourth-order valence-corrected chi connectivity index (χ4v) is 7.29. The summed E-state index contributed by atoms with van der Waals surface area (Å²) < 4.78 is 114. The summed E-state index contributed by atoms with van der Waals surface area (Å²) in [7, 11) is -9.17. The highest BCUT2D eigenvalue weighted by Gasteiger charge is 2.49. The van der Waals surface area contributed by atoms with E-state index in [1.807, 2.05) is 13.8 Å². The van der Waals surface area contributed by atoms with E-state index in [2.05, 4.69) is 4.18 Å². The maximum absolute atomic E-state index is 13.8. The summed E-state index contributed by atoms with van der Waals surface area (Å²) in [6, 6.07) is 7.31. The molecule has 0 saturated carbocycles. The summed E-state index contributed by atoms with van der Waals surface area (Å²) in [5.74, 6) is -2.12. The van der Waals surface area contributed by atoms with Gasteiger partial charge in [-0.3, -0.25) is 0 Å². The average molecular weight is 582 g/mol. The molecule has 0 radical (unpaired) electrons. The van der Waals surface area contributed by atoms with E-state index in [1.54, 1.807) is 4.90 Å². The van der Waals surface area contributed by atoms with Crippen molar-refractivity contribution in [3.8, 4) is 11.5 Å². The van der Waals surface area contributed by atoms with E-state index in [1.165, 1.54) is 24.3 Å². The highest BCUT2D eigenvalue weighted by molar-refractivity contribution is 7.91. The highest BCUT2D eigenvalue weighted by atomic mass is 32.2. The first-order valence-electron chi connectivity index (χ1n) is 12.2. The van der Waals surface area contributed by atoms with Crippen molar-refractivity contribution in [3.05, 3.63) is 42.2 Å². The fourth-order valence-electron chi connectivity index (χ4n) is 4.71. The highest BCUT2D eigenvalue weighted by Crippen LogP contribution is 2.48. The number of fused-ring (bicyclic) bond motifs is 1.